The van der Waals surface area contributed by atoms with E-state index in [1.807, 2.05) is 18.2 Å². The molecule has 3 N–H and O–H groups in total. The monoisotopic (exact) mass is 290 g/mol. The van der Waals surface area contributed by atoms with Crippen molar-refractivity contribution in [2.75, 3.05) is 0 Å². The standard InChI is InChI=1S/C15H18N2O2S/c1-12-5-2-3-7-14(12)11-17-10-13-6-4-8-15(9-13)20(16,18)19/h2-9,17H,10-11H2,1H3,(H2,16,18,19). The molecule has 0 unspecified atom stereocenters. The van der Waals surface area contributed by atoms with Gasteiger partial charge in [0.1, 0.15) is 0 Å². The molecule has 4 nitrogen and oxygen atoms in total. The van der Waals surface area contributed by atoms with E-state index in [2.05, 4.69) is 24.4 Å². The molecule has 0 aliphatic rings. The highest BCUT2D eigenvalue weighted by atomic mass is 32.2. The van der Waals surface area contributed by atoms with E-state index >= 15 is 0 Å². The third kappa shape index (κ3) is 3.90. The van der Waals surface area contributed by atoms with Crippen LogP contribution in [0, 0.1) is 6.92 Å². The molecule has 0 aliphatic heterocycles. The van der Waals surface area contributed by atoms with Crippen molar-refractivity contribution in [3.05, 3.63) is 65.2 Å². The first-order chi connectivity index (χ1) is 9.47. The lowest BCUT2D eigenvalue weighted by Crippen LogP contribution is -2.15. The molecule has 20 heavy (non-hydrogen) atoms. The fourth-order valence-electron chi connectivity index (χ4n) is 1.98. The third-order valence-electron chi connectivity index (χ3n) is 3.13. The summed E-state index contributed by atoms with van der Waals surface area (Å²) in [6, 6.07) is 14.8. The second kappa shape index (κ2) is 6.17. The molecule has 2 aromatic rings. The number of benzene rings is 2. The highest BCUT2D eigenvalue weighted by Gasteiger charge is 2.07. The van der Waals surface area contributed by atoms with Crippen LogP contribution in [0.15, 0.2) is 53.4 Å². The lowest BCUT2D eigenvalue weighted by molar-refractivity contribution is 0.597. The normalized spacial score (nSPS) is 11.5. The van der Waals surface area contributed by atoms with Crippen molar-refractivity contribution in [2.24, 2.45) is 5.14 Å². The third-order valence-corrected chi connectivity index (χ3v) is 4.04. The van der Waals surface area contributed by atoms with Gasteiger partial charge >= 0.3 is 0 Å². The number of hydrogen-bond acceptors (Lipinski definition) is 3. The van der Waals surface area contributed by atoms with Crippen molar-refractivity contribution in [1.82, 2.24) is 5.32 Å². The predicted octanol–water partition coefficient (Wildman–Crippen LogP) is 1.93. The molecule has 0 spiro atoms. The van der Waals surface area contributed by atoms with E-state index in [4.69, 9.17) is 5.14 Å². The molecule has 0 saturated heterocycles. The summed E-state index contributed by atoms with van der Waals surface area (Å²) >= 11 is 0. The van der Waals surface area contributed by atoms with Gasteiger partial charge < -0.3 is 5.32 Å². The second-order valence-corrected chi connectivity index (χ2v) is 6.28. The van der Waals surface area contributed by atoms with E-state index in [9.17, 15) is 8.42 Å². The SMILES string of the molecule is Cc1ccccc1CNCc1cccc(S(N)(=O)=O)c1. The molecular formula is C15H18N2O2S. The Morgan fingerprint density at radius 1 is 1.05 bits per heavy atom. The Balaban J connectivity index is 2.00. The predicted molar refractivity (Wildman–Crippen MR) is 79.5 cm³/mol. The first kappa shape index (κ1) is 14.7. The molecule has 0 amide bonds. The van der Waals surface area contributed by atoms with Crippen LogP contribution in [-0.2, 0) is 23.1 Å². The van der Waals surface area contributed by atoms with Crippen LogP contribution in [0.1, 0.15) is 16.7 Å². The minimum absolute atomic E-state index is 0.146. The van der Waals surface area contributed by atoms with Crippen molar-refractivity contribution in [3.8, 4) is 0 Å². The van der Waals surface area contributed by atoms with Crippen molar-refractivity contribution >= 4 is 10.0 Å². The molecule has 0 heterocycles. The number of rotatable bonds is 5. The quantitative estimate of drug-likeness (QED) is 0.884. The van der Waals surface area contributed by atoms with Crippen LogP contribution in [0.5, 0.6) is 0 Å². The van der Waals surface area contributed by atoms with Crippen LogP contribution in [0.2, 0.25) is 0 Å². The van der Waals surface area contributed by atoms with E-state index in [0.29, 0.717) is 6.54 Å². The summed E-state index contributed by atoms with van der Waals surface area (Å²) in [6.45, 7) is 3.41. The minimum Gasteiger partial charge on any atom is -0.309 e. The Bertz CT molecular complexity index is 697. The topological polar surface area (TPSA) is 72.2 Å². The van der Waals surface area contributed by atoms with Gasteiger partial charge in [-0.1, -0.05) is 36.4 Å². The molecule has 0 atom stereocenters. The zero-order valence-corrected chi connectivity index (χ0v) is 12.2. The van der Waals surface area contributed by atoms with Crippen LogP contribution in [-0.4, -0.2) is 8.42 Å². The van der Waals surface area contributed by atoms with Gasteiger partial charge in [-0.25, -0.2) is 13.6 Å². The number of hydrogen-bond donors (Lipinski definition) is 2. The summed E-state index contributed by atoms with van der Waals surface area (Å²) in [5, 5.41) is 8.42. The maximum atomic E-state index is 11.3. The van der Waals surface area contributed by atoms with Gasteiger partial charge in [0.05, 0.1) is 4.90 Å². The van der Waals surface area contributed by atoms with Crippen molar-refractivity contribution < 1.29 is 8.42 Å². The summed E-state index contributed by atoms with van der Waals surface area (Å²) in [5.74, 6) is 0. The molecule has 0 aromatic heterocycles. The van der Waals surface area contributed by atoms with Crippen LogP contribution >= 0.6 is 0 Å². The summed E-state index contributed by atoms with van der Waals surface area (Å²) in [7, 11) is -3.64. The van der Waals surface area contributed by atoms with Crippen molar-refractivity contribution in [1.29, 1.82) is 0 Å². The summed E-state index contributed by atoms with van der Waals surface area (Å²) in [4.78, 5) is 0.146. The number of sulfonamides is 1. The smallest absolute Gasteiger partial charge is 0.238 e. The van der Waals surface area contributed by atoms with E-state index in [1.54, 1.807) is 12.1 Å². The number of nitrogens with two attached hydrogens (primary N) is 1. The van der Waals surface area contributed by atoms with E-state index < -0.39 is 10.0 Å². The van der Waals surface area contributed by atoms with Gasteiger partial charge in [0.25, 0.3) is 0 Å². The first-order valence-electron chi connectivity index (χ1n) is 6.34. The highest BCUT2D eigenvalue weighted by Crippen LogP contribution is 2.10. The van der Waals surface area contributed by atoms with Gasteiger partial charge in [0, 0.05) is 13.1 Å². The van der Waals surface area contributed by atoms with E-state index in [1.165, 1.54) is 17.2 Å². The van der Waals surface area contributed by atoms with Gasteiger partial charge in [0.2, 0.25) is 10.0 Å². The van der Waals surface area contributed by atoms with Gasteiger partial charge in [-0.2, -0.15) is 0 Å². The zero-order valence-electron chi connectivity index (χ0n) is 11.3. The fraction of sp³-hybridized carbons (Fsp3) is 0.200. The highest BCUT2D eigenvalue weighted by molar-refractivity contribution is 7.89. The largest absolute Gasteiger partial charge is 0.309 e. The Labute approximate surface area is 119 Å². The maximum absolute atomic E-state index is 11.3. The van der Waals surface area contributed by atoms with Crippen LogP contribution in [0.4, 0.5) is 0 Å². The first-order valence-corrected chi connectivity index (χ1v) is 7.88. The molecule has 106 valence electrons. The van der Waals surface area contributed by atoms with Crippen molar-refractivity contribution in [3.63, 3.8) is 0 Å². The molecule has 0 saturated carbocycles. The number of primary sulfonamides is 1. The molecule has 0 radical (unpaired) electrons. The molecular weight excluding hydrogens is 272 g/mol. The van der Waals surface area contributed by atoms with Gasteiger partial charge in [0.15, 0.2) is 0 Å². The van der Waals surface area contributed by atoms with E-state index in [-0.39, 0.29) is 4.90 Å². The van der Waals surface area contributed by atoms with Gasteiger partial charge in [-0.05, 0) is 35.7 Å². The van der Waals surface area contributed by atoms with E-state index in [0.717, 1.165) is 12.1 Å². The van der Waals surface area contributed by atoms with Crippen LogP contribution < -0.4 is 10.5 Å². The summed E-state index contributed by atoms with van der Waals surface area (Å²) < 4.78 is 22.6. The number of aryl methyl sites for hydroxylation is 1. The number of nitrogens with one attached hydrogen (secondary N) is 1. The lowest BCUT2D eigenvalue weighted by Gasteiger charge is -2.08. The van der Waals surface area contributed by atoms with Gasteiger partial charge in [-0.15, -0.1) is 0 Å². The second-order valence-electron chi connectivity index (χ2n) is 4.72. The fourth-order valence-corrected chi connectivity index (χ4v) is 2.57. The average Bonchev–Trinajstić information content (AvgIpc) is 2.40. The molecule has 5 heteroatoms. The average molecular weight is 290 g/mol. The summed E-state index contributed by atoms with van der Waals surface area (Å²) in [6.07, 6.45) is 0. The molecule has 0 fully saturated rings. The Kier molecular flexibility index (Phi) is 4.54. The Morgan fingerprint density at radius 2 is 1.80 bits per heavy atom. The maximum Gasteiger partial charge on any atom is 0.238 e. The Hall–Kier alpha value is -1.69. The lowest BCUT2D eigenvalue weighted by atomic mass is 10.1. The molecule has 2 aromatic carbocycles. The molecule has 0 bridgehead atoms. The van der Waals surface area contributed by atoms with Crippen LogP contribution in [0.25, 0.3) is 0 Å². The minimum atomic E-state index is -3.64. The molecule has 2 rings (SSSR count). The Morgan fingerprint density at radius 3 is 2.50 bits per heavy atom. The summed E-state index contributed by atoms with van der Waals surface area (Å²) in [5.41, 5.74) is 3.36. The molecule has 0 aliphatic carbocycles. The zero-order chi connectivity index (χ0) is 14.6. The van der Waals surface area contributed by atoms with Crippen LogP contribution in [0.3, 0.4) is 0 Å². The van der Waals surface area contributed by atoms with Crippen molar-refractivity contribution in [2.45, 2.75) is 24.9 Å². The van der Waals surface area contributed by atoms with Gasteiger partial charge in [-0.3, -0.25) is 0 Å².